The predicted octanol–water partition coefficient (Wildman–Crippen LogP) is 15.0. The van der Waals surface area contributed by atoms with E-state index in [1.807, 2.05) is 42.6 Å². The van der Waals surface area contributed by atoms with Crippen molar-refractivity contribution in [2.24, 2.45) is 0 Å². The van der Waals surface area contributed by atoms with Crippen molar-refractivity contribution in [1.82, 2.24) is 24.5 Å². The Morgan fingerprint density at radius 1 is 0.478 bits per heavy atom. The van der Waals surface area contributed by atoms with Crippen LogP contribution in [0.4, 0.5) is 22.7 Å². The van der Waals surface area contributed by atoms with E-state index in [-0.39, 0.29) is 26.5 Å². The number of benzene rings is 8. The number of nitrogens with zero attached hydrogens (tertiary/aromatic N) is 7. The molecule has 0 amide bonds. The van der Waals surface area contributed by atoms with E-state index in [0.717, 1.165) is 89.3 Å². The van der Waals surface area contributed by atoms with Crippen LogP contribution in [0, 0.1) is 18.8 Å². The molecule has 8 heteroatoms. The minimum atomic E-state index is -0.0516. The van der Waals surface area contributed by atoms with Crippen LogP contribution in [0.5, 0.6) is 0 Å². The zero-order valence-corrected chi connectivity index (χ0v) is 40.4. The monoisotopic (exact) mass is 1070 g/mol. The number of anilines is 4. The van der Waals surface area contributed by atoms with E-state index in [1.54, 1.807) is 0 Å². The number of rotatable bonds is 8. The fraction of sp³-hybridized carbons (Fsp3) is 0.0656. The molecule has 0 N–H and O–H groups in total. The molecule has 8 aromatic carbocycles. The Morgan fingerprint density at radius 2 is 1.04 bits per heavy atom. The number of aromatic nitrogens is 5. The number of para-hydroxylation sites is 4. The first-order valence-electron chi connectivity index (χ1n) is 22.9. The van der Waals surface area contributed by atoms with Gasteiger partial charge in [-0.15, -0.1) is 60.3 Å². The van der Waals surface area contributed by atoms with E-state index >= 15 is 0 Å². The molecule has 4 heterocycles. The second kappa shape index (κ2) is 17.9. The number of hydrogen-bond donors (Lipinski definition) is 0. The standard InChI is InChI=1S/C61H44N7.Pt/c1-61(2,3)46-35-36-62-56(39-46)68-52-30-14-13-27-50(52)51-34-33-45(38-55(51)68)60-64-58(43-23-11-6-12-24-43)63-59(65-60)44-25-17-26-47(37-44)66-40-67(54-32-16-15-31-53(54)66)57-48(41-19-7-4-8-20-41)28-18-29-49(57)42-21-9-5-10-22-42;/h4-36,39-40H,1-3H3;/q-3;. The summed E-state index contributed by atoms with van der Waals surface area (Å²) in [5.74, 6) is 2.42. The molecule has 0 saturated carbocycles. The Morgan fingerprint density at radius 3 is 1.71 bits per heavy atom. The van der Waals surface area contributed by atoms with Crippen molar-refractivity contribution in [3.8, 4) is 62.2 Å². The Bertz CT molecular complexity index is 3600. The van der Waals surface area contributed by atoms with Crippen LogP contribution < -0.4 is 9.80 Å². The number of hydrogen-bond acceptors (Lipinski definition) is 6. The molecule has 1 aliphatic heterocycles. The predicted molar refractivity (Wildman–Crippen MR) is 277 cm³/mol. The maximum atomic E-state index is 5.23. The van der Waals surface area contributed by atoms with Gasteiger partial charge in [0.25, 0.3) is 0 Å². The summed E-state index contributed by atoms with van der Waals surface area (Å²) in [6, 6.07) is 77.0. The average molecular weight is 1070 g/mol. The average Bonchev–Trinajstić information content (AvgIpc) is 3.95. The first-order chi connectivity index (χ1) is 33.4. The summed E-state index contributed by atoms with van der Waals surface area (Å²) in [5.41, 5.74) is 14.1. The van der Waals surface area contributed by atoms with Crippen molar-refractivity contribution >= 4 is 44.6 Å². The normalized spacial score (nSPS) is 12.3. The van der Waals surface area contributed by atoms with Gasteiger partial charge in [0.05, 0.1) is 11.6 Å². The topological polar surface area (TPSA) is 63.0 Å². The minimum absolute atomic E-state index is 0. The van der Waals surface area contributed by atoms with Gasteiger partial charge in [0.1, 0.15) is 11.6 Å². The largest absolute Gasteiger partial charge is 0.488 e. The van der Waals surface area contributed by atoms with Crippen LogP contribution >= 0.6 is 0 Å². The Labute approximate surface area is 416 Å². The molecule has 0 radical (unpaired) electrons. The van der Waals surface area contributed by atoms with Gasteiger partial charge in [0.15, 0.2) is 0 Å². The third-order valence-corrected chi connectivity index (χ3v) is 12.7. The van der Waals surface area contributed by atoms with Gasteiger partial charge in [-0.3, -0.25) is 9.97 Å². The molecule has 0 aliphatic carbocycles. The molecule has 0 atom stereocenters. The summed E-state index contributed by atoms with van der Waals surface area (Å²) in [5, 5.41) is 2.20. The van der Waals surface area contributed by atoms with Crippen LogP contribution in [0.25, 0.3) is 84.0 Å². The molecule has 0 unspecified atom stereocenters. The van der Waals surface area contributed by atoms with E-state index in [1.165, 1.54) is 5.56 Å². The van der Waals surface area contributed by atoms with Crippen molar-refractivity contribution in [2.75, 3.05) is 9.80 Å². The van der Waals surface area contributed by atoms with Gasteiger partial charge in [-0.25, -0.2) is 4.98 Å². The van der Waals surface area contributed by atoms with E-state index < -0.39 is 0 Å². The summed E-state index contributed by atoms with van der Waals surface area (Å²) in [4.78, 5) is 24.9. The van der Waals surface area contributed by atoms with E-state index in [0.29, 0.717) is 17.5 Å². The molecule has 1 aliphatic rings. The summed E-state index contributed by atoms with van der Waals surface area (Å²) in [6.45, 7) is 8.85. The van der Waals surface area contributed by atoms with Gasteiger partial charge in [-0.2, -0.15) is 0 Å². The second-order valence-corrected chi connectivity index (χ2v) is 18.0. The quantitative estimate of drug-likeness (QED) is 0.141. The maximum Gasteiger partial charge on any atom is 0.144 e. The molecule has 3 aromatic heterocycles. The third-order valence-electron chi connectivity index (χ3n) is 12.7. The molecule has 7 nitrogen and oxygen atoms in total. The van der Waals surface area contributed by atoms with Crippen LogP contribution in [0.2, 0.25) is 0 Å². The molecule has 69 heavy (non-hydrogen) atoms. The molecule has 336 valence electrons. The Balaban J connectivity index is 0.00000520. The minimum Gasteiger partial charge on any atom is -0.488 e. The molecule has 0 saturated heterocycles. The van der Waals surface area contributed by atoms with Crippen molar-refractivity contribution in [1.29, 1.82) is 0 Å². The van der Waals surface area contributed by atoms with E-state index in [2.05, 4.69) is 218 Å². The third kappa shape index (κ3) is 7.99. The number of fused-ring (bicyclic) bond motifs is 4. The number of pyridine rings is 1. The SMILES string of the molecule is CC(C)(C)c1ccnc(-n2c3[c-]c(-c4nc(-c5[c-]c(N6[CH-]N(c7c(-c8ccccc8)cccc7-c7ccccc7)c7ccccc76)ccc5)nc(-c5ccccc5)n4)ccc3c3ccccc32)c1.[Pt]. The molecular formula is C61H44N7Pt-3. The van der Waals surface area contributed by atoms with Crippen LogP contribution in [0.3, 0.4) is 0 Å². The smallest absolute Gasteiger partial charge is 0.144 e. The zero-order chi connectivity index (χ0) is 45.8. The van der Waals surface area contributed by atoms with E-state index in [4.69, 9.17) is 19.9 Å². The van der Waals surface area contributed by atoms with Crippen molar-refractivity contribution in [3.63, 3.8) is 0 Å². The first-order valence-corrected chi connectivity index (χ1v) is 22.9. The van der Waals surface area contributed by atoms with Gasteiger partial charge in [0.2, 0.25) is 0 Å². The zero-order valence-electron chi connectivity index (χ0n) is 38.2. The summed E-state index contributed by atoms with van der Waals surface area (Å²) < 4.78 is 2.20. The van der Waals surface area contributed by atoms with Crippen molar-refractivity contribution in [2.45, 2.75) is 26.2 Å². The Hall–Kier alpha value is -7.99. The fourth-order valence-electron chi connectivity index (χ4n) is 9.32. The second-order valence-electron chi connectivity index (χ2n) is 18.0. The first kappa shape index (κ1) is 43.6. The van der Waals surface area contributed by atoms with Gasteiger partial charge in [0, 0.05) is 66.5 Å². The van der Waals surface area contributed by atoms with Crippen molar-refractivity contribution in [3.05, 3.63) is 231 Å². The van der Waals surface area contributed by atoms with E-state index in [9.17, 15) is 0 Å². The summed E-state index contributed by atoms with van der Waals surface area (Å²) in [7, 11) is 0. The van der Waals surface area contributed by atoms with Crippen LogP contribution in [0.15, 0.2) is 206 Å². The summed E-state index contributed by atoms with van der Waals surface area (Å²) >= 11 is 0. The van der Waals surface area contributed by atoms with Crippen molar-refractivity contribution < 1.29 is 21.1 Å². The van der Waals surface area contributed by atoms with Crippen LogP contribution in [-0.4, -0.2) is 24.5 Å². The summed E-state index contributed by atoms with van der Waals surface area (Å²) in [6.07, 6.45) is 1.90. The van der Waals surface area contributed by atoms with Gasteiger partial charge in [-0.05, 0) is 63.3 Å². The fourth-order valence-corrected chi connectivity index (χ4v) is 9.32. The van der Waals surface area contributed by atoms with Gasteiger partial charge >= 0.3 is 0 Å². The van der Waals surface area contributed by atoms with Crippen LogP contribution in [-0.2, 0) is 26.5 Å². The van der Waals surface area contributed by atoms with Gasteiger partial charge < -0.3 is 19.4 Å². The molecule has 0 fully saturated rings. The maximum absolute atomic E-state index is 5.23. The molecule has 0 bridgehead atoms. The molecular weight excluding hydrogens is 1030 g/mol. The Kier molecular flexibility index (Phi) is 11.3. The molecule has 12 rings (SSSR count). The molecule has 0 spiro atoms. The van der Waals surface area contributed by atoms with Crippen LogP contribution in [0.1, 0.15) is 26.3 Å². The molecule has 11 aromatic rings. The van der Waals surface area contributed by atoms with Gasteiger partial charge in [-0.1, -0.05) is 171 Å².